The van der Waals surface area contributed by atoms with Crippen LogP contribution < -0.4 is 9.62 Å². The Labute approximate surface area is 234 Å². The third kappa shape index (κ3) is 6.77. The van der Waals surface area contributed by atoms with E-state index >= 15 is 0 Å². The number of amides is 2. The fourth-order valence-corrected chi connectivity index (χ4v) is 5.61. The maximum Gasteiger partial charge on any atom is 0.244 e. The van der Waals surface area contributed by atoms with Gasteiger partial charge < -0.3 is 10.2 Å². The summed E-state index contributed by atoms with van der Waals surface area (Å²) in [5, 5.41) is 4.65. The minimum atomic E-state index is -3.87. The van der Waals surface area contributed by atoms with Gasteiger partial charge in [-0.05, 0) is 28.6 Å². The number of carbonyl (C=O) groups excluding carboxylic acids is 2. The van der Waals surface area contributed by atoms with Crippen molar-refractivity contribution >= 4 is 49.9 Å². The van der Waals surface area contributed by atoms with Crippen LogP contribution in [0.15, 0.2) is 97.1 Å². The van der Waals surface area contributed by atoms with Crippen molar-refractivity contribution in [2.45, 2.75) is 19.0 Å². The first kappa shape index (κ1) is 28.1. The van der Waals surface area contributed by atoms with E-state index in [2.05, 4.69) is 5.32 Å². The second-order valence-electron chi connectivity index (χ2n) is 9.20. The minimum Gasteiger partial charge on any atom is -0.357 e. The molecule has 0 heterocycles. The van der Waals surface area contributed by atoms with Crippen LogP contribution in [0.2, 0.25) is 5.02 Å². The van der Waals surface area contributed by atoms with E-state index in [0.29, 0.717) is 21.7 Å². The van der Waals surface area contributed by atoms with Gasteiger partial charge in [0.2, 0.25) is 21.8 Å². The molecule has 2 amide bonds. The molecule has 202 valence electrons. The van der Waals surface area contributed by atoms with Gasteiger partial charge in [-0.15, -0.1) is 0 Å². The Balaban J connectivity index is 1.77. The number of hydrogen-bond donors (Lipinski definition) is 1. The lowest BCUT2D eigenvalue weighted by Gasteiger charge is -2.33. The third-order valence-corrected chi connectivity index (χ3v) is 8.03. The van der Waals surface area contributed by atoms with Crippen LogP contribution in [0.4, 0.5) is 5.69 Å². The van der Waals surface area contributed by atoms with E-state index in [1.54, 1.807) is 36.4 Å². The minimum absolute atomic E-state index is 0.0244. The van der Waals surface area contributed by atoms with Crippen molar-refractivity contribution in [3.05, 3.63) is 113 Å². The number of rotatable bonds is 10. The lowest BCUT2D eigenvalue weighted by molar-refractivity contribution is -0.139. The first-order chi connectivity index (χ1) is 18.7. The molecule has 0 fully saturated rings. The number of nitrogens with one attached hydrogen (secondary N) is 1. The van der Waals surface area contributed by atoms with Gasteiger partial charge >= 0.3 is 0 Å². The fraction of sp³-hybridized carbons (Fsp3) is 0.200. The van der Waals surface area contributed by atoms with Gasteiger partial charge in [0.1, 0.15) is 12.6 Å². The molecule has 0 saturated heterocycles. The van der Waals surface area contributed by atoms with Crippen LogP contribution in [0.5, 0.6) is 0 Å². The molecule has 4 aromatic carbocycles. The molecule has 1 atom stereocenters. The molecule has 0 saturated carbocycles. The molecule has 0 aliphatic carbocycles. The van der Waals surface area contributed by atoms with E-state index in [4.69, 9.17) is 11.6 Å². The average molecular weight is 564 g/mol. The van der Waals surface area contributed by atoms with Crippen molar-refractivity contribution in [2.24, 2.45) is 0 Å². The van der Waals surface area contributed by atoms with Crippen LogP contribution in [0.3, 0.4) is 0 Å². The lowest BCUT2D eigenvalue weighted by atomic mass is 10.0. The number of halogens is 1. The summed E-state index contributed by atoms with van der Waals surface area (Å²) in [6.45, 7) is -0.462. The molecule has 0 aromatic heterocycles. The van der Waals surface area contributed by atoms with Crippen molar-refractivity contribution in [1.82, 2.24) is 10.2 Å². The lowest BCUT2D eigenvalue weighted by Crippen LogP contribution is -2.53. The molecule has 0 bridgehead atoms. The summed E-state index contributed by atoms with van der Waals surface area (Å²) in [6.07, 6.45) is 1.31. The van der Waals surface area contributed by atoms with Crippen molar-refractivity contribution in [3.8, 4) is 0 Å². The molecule has 39 heavy (non-hydrogen) atoms. The fourth-order valence-electron chi connectivity index (χ4n) is 4.55. The Kier molecular flexibility index (Phi) is 8.89. The van der Waals surface area contributed by atoms with Gasteiger partial charge in [-0.2, -0.15) is 0 Å². The summed E-state index contributed by atoms with van der Waals surface area (Å²) in [5.74, 6) is -0.895. The summed E-state index contributed by atoms with van der Waals surface area (Å²) in [4.78, 5) is 28.7. The number of benzene rings is 4. The standard InChI is InChI=1S/C30H30ClN3O4S/c1-32-30(36)28(19-22-11-4-3-5-12-22)33(20-24-14-7-9-17-26(24)31)29(35)21-34(39(2,37)38)27-18-10-15-23-13-6-8-16-25(23)27/h3-18,28H,19-21H2,1-2H3,(H,32,36)/t28-/m1/s1. The molecule has 4 rings (SSSR count). The number of fused-ring (bicyclic) bond motifs is 1. The molecular weight excluding hydrogens is 534 g/mol. The van der Waals surface area contributed by atoms with E-state index in [1.807, 2.05) is 60.7 Å². The van der Waals surface area contributed by atoms with E-state index in [1.165, 1.54) is 11.9 Å². The average Bonchev–Trinajstić information content (AvgIpc) is 2.93. The van der Waals surface area contributed by atoms with Crippen molar-refractivity contribution in [2.75, 3.05) is 24.2 Å². The van der Waals surface area contributed by atoms with E-state index in [9.17, 15) is 18.0 Å². The SMILES string of the molecule is CNC(=O)[C@@H](Cc1ccccc1)N(Cc1ccccc1Cl)C(=O)CN(c1cccc2ccccc12)S(C)(=O)=O. The van der Waals surface area contributed by atoms with Crippen LogP contribution in [0.1, 0.15) is 11.1 Å². The topological polar surface area (TPSA) is 86.8 Å². The molecule has 1 N–H and O–H groups in total. The highest BCUT2D eigenvalue weighted by molar-refractivity contribution is 7.92. The van der Waals surface area contributed by atoms with Crippen LogP contribution in [0.25, 0.3) is 10.8 Å². The number of nitrogens with zero attached hydrogens (tertiary/aromatic N) is 2. The molecule has 0 unspecified atom stereocenters. The highest BCUT2D eigenvalue weighted by Crippen LogP contribution is 2.29. The largest absolute Gasteiger partial charge is 0.357 e. The Hall–Kier alpha value is -3.88. The maximum absolute atomic E-state index is 14.1. The highest BCUT2D eigenvalue weighted by Gasteiger charge is 2.33. The molecule has 4 aromatic rings. The third-order valence-electron chi connectivity index (χ3n) is 6.53. The van der Waals surface area contributed by atoms with Crippen LogP contribution >= 0.6 is 11.6 Å². The summed E-state index contributed by atoms with van der Waals surface area (Å²) in [6, 6.07) is 28.2. The summed E-state index contributed by atoms with van der Waals surface area (Å²) >= 11 is 6.45. The second kappa shape index (κ2) is 12.3. The van der Waals surface area contributed by atoms with E-state index in [0.717, 1.165) is 21.5 Å². The predicted molar refractivity (Wildman–Crippen MR) is 156 cm³/mol. The summed E-state index contributed by atoms with van der Waals surface area (Å²) < 4.78 is 27.2. The number of sulfonamides is 1. The number of carbonyl (C=O) groups is 2. The molecule has 7 nitrogen and oxygen atoms in total. The van der Waals surface area contributed by atoms with Gasteiger partial charge in [0.15, 0.2) is 0 Å². The normalized spacial score (nSPS) is 12.1. The smallest absolute Gasteiger partial charge is 0.244 e. The molecule has 0 aliphatic rings. The summed E-state index contributed by atoms with van der Waals surface area (Å²) in [5.41, 5.74) is 1.89. The summed E-state index contributed by atoms with van der Waals surface area (Å²) in [7, 11) is -2.36. The highest BCUT2D eigenvalue weighted by atomic mass is 35.5. The van der Waals surface area contributed by atoms with Gasteiger partial charge in [-0.3, -0.25) is 13.9 Å². The number of likely N-dealkylation sites (N-methyl/N-ethyl adjacent to an activating group) is 1. The van der Waals surface area contributed by atoms with Crippen molar-refractivity contribution in [1.29, 1.82) is 0 Å². The Morgan fingerprint density at radius 3 is 2.21 bits per heavy atom. The molecule has 0 aliphatic heterocycles. The van der Waals surface area contributed by atoms with Crippen LogP contribution in [-0.2, 0) is 32.6 Å². The van der Waals surface area contributed by atoms with Gasteiger partial charge in [0.05, 0.1) is 11.9 Å². The van der Waals surface area contributed by atoms with Crippen molar-refractivity contribution < 1.29 is 18.0 Å². The number of hydrogen-bond acceptors (Lipinski definition) is 4. The Bertz CT molecular complexity index is 1570. The van der Waals surface area contributed by atoms with Crippen LogP contribution in [0, 0.1) is 0 Å². The second-order valence-corrected chi connectivity index (χ2v) is 11.5. The van der Waals surface area contributed by atoms with E-state index in [-0.39, 0.29) is 18.9 Å². The Morgan fingerprint density at radius 2 is 1.51 bits per heavy atom. The predicted octanol–water partition coefficient (Wildman–Crippen LogP) is 4.65. The molecule has 0 spiro atoms. The van der Waals surface area contributed by atoms with Gasteiger partial charge in [-0.1, -0.05) is 96.5 Å². The first-order valence-electron chi connectivity index (χ1n) is 12.4. The monoisotopic (exact) mass is 563 g/mol. The zero-order chi connectivity index (χ0) is 28.0. The molecule has 9 heteroatoms. The van der Waals surface area contributed by atoms with Crippen LogP contribution in [-0.4, -0.2) is 51.0 Å². The molecular formula is C30H30ClN3O4S. The van der Waals surface area contributed by atoms with Crippen molar-refractivity contribution in [3.63, 3.8) is 0 Å². The Morgan fingerprint density at radius 1 is 0.872 bits per heavy atom. The first-order valence-corrected chi connectivity index (χ1v) is 14.7. The van der Waals surface area contributed by atoms with Gasteiger partial charge in [-0.25, -0.2) is 8.42 Å². The van der Waals surface area contributed by atoms with Gasteiger partial charge in [0.25, 0.3) is 0 Å². The van der Waals surface area contributed by atoms with E-state index < -0.39 is 28.5 Å². The zero-order valence-corrected chi connectivity index (χ0v) is 23.3. The quantitative estimate of drug-likeness (QED) is 0.304. The molecule has 0 radical (unpaired) electrons. The zero-order valence-electron chi connectivity index (χ0n) is 21.7. The maximum atomic E-state index is 14.1. The number of anilines is 1. The van der Waals surface area contributed by atoms with Gasteiger partial charge in [0, 0.05) is 30.4 Å².